The normalized spacial score (nSPS) is 17.0. The molecule has 0 bridgehead atoms. The highest BCUT2D eigenvalue weighted by molar-refractivity contribution is 7.99. The van der Waals surface area contributed by atoms with E-state index in [-0.39, 0.29) is 24.4 Å². The molecule has 3 rings (SSSR count). The standard InChI is InChI=1S/C15H17N3OS2.ClH/c19-14(13-9-20-10-17-13)16-7-6-12-8-21-15(18-12)11-4-2-1-3-5-11;/h1-5,8,13,17H,6-7,9-10H2,(H,16,19);1H. The Morgan fingerprint density at radius 1 is 1.36 bits per heavy atom. The largest absolute Gasteiger partial charge is 0.354 e. The first kappa shape index (κ1) is 17.3. The maximum absolute atomic E-state index is 11.9. The monoisotopic (exact) mass is 355 g/mol. The number of benzene rings is 1. The van der Waals surface area contributed by atoms with Crippen LogP contribution in [0.15, 0.2) is 35.7 Å². The van der Waals surface area contributed by atoms with Gasteiger partial charge >= 0.3 is 0 Å². The van der Waals surface area contributed by atoms with E-state index in [1.807, 2.05) is 18.2 Å². The van der Waals surface area contributed by atoms with Crippen molar-refractivity contribution in [3.05, 3.63) is 41.4 Å². The van der Waals surface area contributed by atoms with Gasteiger partial charge in [-0.25, -0.2) is 4.98 Å². The predicted molar refractivity (Wildman–Crippen MR) is 95.8 cm³/mol. The molecule has 0 radical (unpaired) electrons. The number of thioether (sulfide) groups is 1. The van der Waals surface area contributed by atoms with E-state index in [1.165, 1.54) is 0 Å². The summed E-state index contributed by atoms with van der Waals surface area (Å²) in [5.41, 5.74) is 2.18. The number of carbonyl (C=O) groups excluding carboxylic acids is 1. The zero-order valence-corrected chi connectivity index (χ0v) is 14.4. The van der Waals surface area contributed by atoms with E-state index in [4.69, 9.17) is 0 Å². The molecule has 0 spiro atoms. The van der Waals surface area contributed by atoms with E-state index < -0.39 is 0 Å². The lowest BCUT2D eigenvalue weighted by Crippen LogP contribution is -2.42. The summed E-state index contributed by atoms with van der Waals surface area (Å²) in [4.78, 5) is 16.5. The third-order valence-electron chi connectivity index (χ3n) is 3.29. The van der Waals surface area contributed by atoms with Crippen molar-refractivity contribution in [1.29, 1.82) is 0 Å². The molecule has 2 aromatic rings. The van der Waals surface area contributed by atoms with Crippen LogP contribution < -0.4 is 10.6 Å². The topological polar surface area (TPSA) is 54.0 Å². The molecular weight excluding hydrogens is 338 g/mol. The molecule has 1 fully saturated rings. The Labute approximate surface area is 144 Å². The molecule has 1 unspecified atom stereocenters. The summed E-state index contributed by atoms with van der Waals surface area (Å²) in [6, 6.07) is 10.1. The molecular formula is C15H18ClN3OS2. The average molecular weight is 356 g/mol. The van der Waals surface area contributed by atoms with E-state index >= 15 is 0 Å². The van der Waals surface area contributed by atoms with E-state index in [0.29, 0.717) is 6.54 Å². The first-order valence-electron chi connectivity index (χ1n) is 6.91. The average Bonchev–Trinajstić information content (AvgIpc) is 3.20. The molecule has 2 N–H and O–H groups in total. The summed E-state index contributed by atoms with van der Waals surface area (Å²) in [6.07, 6.45) is 0.773. The molecule has 2 heterocycles. The number of nitrogens with zero attached hydrogens (tertiary/aromatic N) is 1. The lowest BCUT2D eigenvalue weighted by molar-refractivity contribution is -0.122. The van der Waals surface area contributed by atoms with Crippen molar-refractivity contribution in [3.63, 3.8) is 0 Å². The Balaban J connectivity index is 0.00000176. The quantitative estimate of drug-likeness (QED) is 0.865. The molecule has 22 heavy (non-hydrogen) atoms. The lowest BCUT2D eigenvalue weighted by Gasteiger charge is -2.09. The second-order valence-electron chi connectivity index (χ2n) is 4.82. The van der Waals surface area contributed by atoms with Gasteiger partial charge in [0.05, 0.1) is 11.7 Å². The second kappa shape index (κ2) is 8.53. The third-order valence-corrected chi connectivity index (χ3v) is 5.17. The van der Waals surface area contributed by atoms with E-state index in [0.717, 1.165) is 34.3 Å². The van der Waals surface area contributed by atoms with Crippen LogP contribution in [0.4, 0.5) is 0 Å². The van der Waals surface area contributed by atoms with Crippen molar-refractivity contribution in [2.45, 2.75) is 12.5 Å². The summed E-state index contributed by atoms with van der Waals surface area (Å²) in [6.45, 7) is 0.639. The Hall–Kier alpha value is -1.08. The van der Waals surface area contributed by atoms with Crippen LogP contribution in [0.25, 0.3) is 10.6 Å². The van der Waals surface area contributed by atoms with Gasteiger partial charge in [0.25, 0.3) is 0 Å². The van der Waals surface area contributed by atoms with Gasteiger partial charge in [-0.2, -0.15) is 0 Å². The van der Waals surface area contributed by atoms with Gasteiger partial charge in [-0.05, 0) is 0 Å². The molecule has 1 aliphatic rings. The maximum atomic E-state index is 11.9. The highest BCUT2D eigenvalue weighted by Gasteiger charge is 2.21. The molecule has 4 nitrogen and oxygen atoms in total. The summed E-state index contributed by atoms with van der Waals surface area (Å²) >= 11 is 3.41. The molecule has 7 heteroatoms. The fourth-order valence-corrected chi connectivity index (χ4v) is 3.94. The number of thiazole rings is 1. The van der Waals surface area contributed by atoms with Gasteiger partial charge in [0, 0.05) is 35.5 Å². The fraction of sp³-hybridized carbons (Fsp3) is 0.333. The number of rotatable bonds is 5. The molecule has 1 aliphatic heterocycles. The maximum Gasteiger partial charge on any atom is 0.238 e. The Kier molecular flexibility index (Phi) is 6.70. The zero-order chi connectivity index (χ0) is 14.5. The van der Waals surface area contributed by atoms with Crippen LogP contribution in [0.2, 0.25) is 0 Å². The van der Waals surface area contributed by atoms with Crippen molar-refractivity contribution >= 4 is 41.4 Å². The van der Waals surface area contributed by atoms with Gasteiger partial charge in [-0.1, -0.05) is 30.3 Å². The zero-order valence-electron chi connectivity index (χ0n) is 12.0. The molecule has 1 aromatic heterocycles. The molecule has 118 valence electrons. The SMILES string of the molecule is Cl.O=C(NCCc1csc(-c2ccccc2)n1)C1CSCN1. The number of hydrogen-bond acceptors (Lipinski definition) is 5. The van der Waals surface area contributed by atoms with Gasteiger partial charge in [0.2, 0.25) is 5.91 Å². The minimum atomic E-state index is -0.0367. The van der Waals surface area contributed by atoms with Gasteiger partial charge in [0.15, 0.2) is 0 Å². The number of hydrogen-bond donors (Lipinski definition) is 2. The van der Waals surface area contributed by atoms with Crippen LogP contribution in [-0.2, 0) is 11.2 Å². The van der Waals surface area contributed by atoms with Crippen molar-refractivity contribution in [3.8, 4) is 10.6 Å². The first-order valence-corrected chi connectivity index (χ1v) is 8.95. The van der Waals surface area contributed by atoms with Crippen LogP contribution in [0.3, 0.4) is 0 Å². The second-order valence-corrected chi connectivity index (χ2v) is 6.71. The summed E-state index contributed by atoms with van der Waals surface area (Å²) < 4.78 is 0. The first-order chi connectivity index (χ1) is 10.3. The minimum absolute atomic E-state index is 0. The molecule has 0 aliphatic carbocycles. The summed E-state index contributed by atoms with van der Waals surface area (Å²) in [7, 11) is 0. The summed E-state index contributed by atoms with van der Waals surface area (Å²) in [5.74, 6) is 1.82. The Morgan fingerprint density at radius 2 is 2.18 bits per heavy atom. The van der Waals surface area contributed by atoms with Gasteiger partial charge in [-0.3, -0.25) is 10.1 Å². The van der Waals surface area contributed by atoms with Crippen LogP contribution >= 0.6 is 35.5 Å². The number of nitrogens with one attached hydrogen (secondary N) is 2. The van der Waals surface area contributed by atoms with Gasteiger partial charge in [0.1, 0.15) is 5.01 Å². The lowest BCUT2D eigenvalue weighted by atomic mass is 10.2. The van der Waals surface area contributed by atoms with Crippen molar-refractivity contribution in [2.24, 2.45) is 0 Å². The Bertz CT molecular complexity index is 600. The van der Waals surface area contributed by atoms with Crippen molar-refractivity contribution in [1.82, 2.24) is 15.6 Å². The predicted octanol–water partition coefficient (Wildman–Crippen LogP) is 2.55. The van der Waals surface area contributed by atoms with E-state index in [2.05, 4.69) is 33.1 Å². The molecule has 1 saturated heterocycles. The molecule has 1 atom stereocenters. The van der Waals surface area contributed by atoms with E-state index in [1.54, 1.807) is 23.1 Å². The number of carbonyl (C=O) groups is 1. The number of halogens is 1. The van der Waals surface area contributed by atoms with Gasteiger partial charge < -0.3 is 5.32 Å². The number of amides is 1. The molecule has 1 amide bonds. The van der Waals surface area contributed by atoms with Crippen molar-refractivity contribution in [2.75, 3.05) is 18.2 Å². The summed E-state index contributed by atoms with van der Waals surface area (Å²) in [5, 5.41) is 9.24. The number of aromatic nitrogens is 1. The molecule has 0 saturated carbocycles. The fourth-order valence-electron chi connectivity index (χ4n) is 2.14. The highest BCUT2D eigenvalue weighted by Crippen LogP contribution is 2.23. The smallest absolute Gasteiger partial charge is 0.238 e. The van der Waals surface area contributed by atoms with Crippen molar-refractivity contribution < 1.29 is 4.79 Å². The van der Waals surface area contributed by atoms with Crippen LogP contribution in [0.5, 0.6) is 0 Å². The van der Waals surface area contributed by atoms with Crippen LogP contribution in [-0.4, -0.2) is 35.1 Å². The minimum Gasteiger partial charge on any atom is -0.354 e. The Morgan fingerprint density at radius 3 is 2.91 bits per heavy atom. The van der Waals surface area contributed by atoms with Crippen LogP contribution in [0.1, 0.15) is 5.69 Å². The highest BCUT2D eigenvalue weighted by atomic mass is 35.5. The third kappa shape index (κ3) is 4.46. The van der Waals surface area contributed by atoms with Crippen LogP contribution in [0, 0.1) is 0 Å². The van der Waals surface area contributed by atoms with E-state index in [9.17, 15) is 4.79 Å². The molecule has 1 aromatic carbocycles. The van der Waals surface area contributed by atoms with Gasteiger partial charge in [-0.15, -0.1) is 35.5 Å².